The lowest BCUT2D eigenvalue weighted by atomic mass is 10.1. The Morgan fingerprint density at radius 1 is 1.24 bits per heavy atom. The van der Waals surface area contributed by atoms with E-state index in [4.69, 9.17) is 4.74 Å². The van der Waals surface area contributed by atoms with Gasteiger partial charge in [-0.3, -0.25) is 4.79 Å². The topological polar surface area (TPSA) is 50.4 Å². The van der Waals surface area contributed by atoms with E-state index in [1.54, 1.807) is 7.11 Å². The van der Waals surface area contributed by atoms with Gasteiger partial charge in [0.05, 0.1) is 12.6 Å². The summed E-state index contributed by atoms with van der Waals surface area (Å²) in [4.78, 5) is 12.1. The molecule has 0 aromatic heterocycles. The maximum absolute atomic E-state index is 12.1. The molecule has 0 bridgehead atoms. The van der Waals surface area contributed by atoms with Gasteiger partial charge >= 0.3 is 0 Å². The molecule has 2 N–H and O–H groups in total. The highest BCUT2D eigenvalue weighted by atomic mass is 16.5. The highest BCUT2D eigenvalue weighted by Gasteiger charge is 2.15. The van der Waals surface area contributed by atoms with Crippen molar-refractivity contribution in [2.45, 2.75) is 58.8 Å². The molecule has 0 aliphatic carbocycles. The van der Waals surface area contributed by atoms with E-state index in [0.29, 0.717) is 13.2 Å². The molecule has 0 saturated heterocycles. The largest absolute Gasteiger partial charge is 0.380 e. The molecule has 1 amide bonds. The summed E-state index contributed by atoms with van der Waals surface area (Å²) in [5.74, 6) is 0.0664. The van der Waals surface area contributed by atoms with E-state index in [-0.39, 0.29) is 18.0 Å². The maximum atomic E-state index is 12.1. The van der Waals surface area contributed by atoms with Crippen LogP contribution in [0.15, 0.2) is 24.3 Å². The predicted octanol–water partition coefficient (Wildman–Crippen LogP) is 2.62. The summed E-state index contributed by atoms with van der Waals surface area (Å²) in [6.07, 6.45) is 1.93. The smallest absolute Gasteiger partial charge is 0.237 e. The van der Waals surface area contributed by atoms with Crippen LogP contribution in [0.4, 0.5) is 0 Å². The van der Waals surface area contributed by atoms with Crippen LogP contribution in [0.2, 0.25) is 0 Å². The zero-order valence-corrected chi connectivity index (χ0v) is 13.6. The zero-order chi connectivity index (χ0) is 15.7. The van der Waals surface area contributed by atoms with Crippen molar-refractivity contribution >= 4 is 5.91 Å². The number of methoxy groups -OCH3 is 1. The minimum absolute atomic E-state index is 0.0664. The summed E-state index contributed by atoms with van der Waals surface area (Å²) in [5, 5.41) is 6.33. The highest BCUT2D eigenvalue weighted by molar-refractivity contribution is 5.81. The molecule has 4 nitrogen and oxygen atoms in total. The Labute approximate surface area is 128 Å². The number of ether oxygens (including phenoxy) is 1. The Hall–Kier alpha value is -1.39. The fourth-order valence-electron chi connectivity index (χ4n) is 2.18. The monoisotopic (exact) mass is 292 g/mol. The summed E-state index contributed by atoms with van der Waals surface area (Å²) in [6, 6.07) is 8.28. The molecule has 118 valence electrons. The number of amides is 1. The minimum Gasteiger partial charge on any atom is -0.380 e. The van der Waals surface area contributed by atoms with Crippen molar-refractivity contribution in [3.05, 3.63) is 35.4 Å². The van der Waals surface area contributed by atoms with Crippen molar-refractivity contribution < 1.29 is 9.53 Å². The molecule has 1 aromatic rings. The number of rotatable bonds is 9. The number of benzene rings is 1. The van der Waals surface area contributed by atoms with Crippen LogP contribution in [0.5, 0.6) is 0 Å². The first-order valence-corrected chi connectivity index (χ1v) is 7.71. The predicted molar refractivity (Wildman–Crippen MR) is 86.0 cm³/mol. The highest BCUT2D eigenvalue weighted by Crippen LogP contribution is 2.06. The molecule has 4 heteroatoms. The number of carbonyl (C=O) groups excluding carboxylic acids is 1. The first-order chi connectivity index (χ1) is 10.1. The summed E-state index contributed by atoms with van der Waals surface area (Å²) in [5.41, 5.74) is 2.30. The van der Waals surface area contributed by atoms with Crippen LogP contribution >= 0.6 is 0 Å². The molecule has 0 aliphatic heterocycles. The van der Waals surface area contributed by atoms with Crippen molar-refractivity contribution in [1.29, 1.82) is 0 Å². The lowest BCUT2D eigenvalue weighted by molar-refractivity contribution is -0.123. The molecule has 1 unspecified atom stereocenters. The second-order valence-electron chi connectivity index (χ2n) is 5.38. The lowest BCUT2D eigenvalue weighted by Crippen LogP contribution is -2.45. The molecule has 0 aliphatic rings. The molecule has 1 aromatic carbocycles. The third-order valence-corrected chi connectivity index (χ3v) is 3.64. The quantitative estimate of drug-likeness (QED) is 0.735. The summed E-state index contributed by atoms with van der Waals surface area (Å²) in [7, 11) is 1.69. The van der Waals surface area contributed by atoms with E-state index >= 15 is 0 Å². The van der Waals surface area contributed by atoms with Crippen molar-refractivity contribution in [1.82, 2.24) is 10.6 Å². The fraction of sp³-hybridized carbons (Fsp3) is 0.588. The van der Waals surface area contributed by atoms with Gasteiger partial charge in [-0.25, -0.2) is 0 Å². The molecule has 0 saturated carbocycles. The van der Waals surface area contributed by atoms with Gasteiger partial charge in [0.1, 0.15) is 0 Å². The third-order valence-electron chi connectivity index (χ3n) is 3.64. The Balaban J connectivity index is 2.46. The van der Waals surface area contributed by atoms with Crippen molar-refractivity contribution in [3.8, 4) is 0 Å². The Morgan fingerprint density at radius 2 is 1.90 bits per heavy atom. The van der Waals surface area contributed by atoms with Crippen LogP contribution in [0.25, 0.3) is 0 Å². The van der Waals surface area contributed by atoms with E-state index < -0.39 is 0 Å². The molecule has 0 spiro atoms. The molecular weight excluding hydrogens is 264 g/mol. The van der Waals surface area contributed by atoms with Crippen LogP contribution in [0.3, 0.4) is 0 Å². The van der Waals surface area contributed by atoms with Crippen LogP contribution in [0.1, 0.15) is 44.7 Å². The van der Waals surface area contributed by atoms with E-state index in [2.05, 4.69) is 36.6 Å². The molecule has 0 heterocycles. The van der Waals surface area contributed by atoms with Crippen LogP contribution in [0, 0.1) is 0 Å². The maximum Gasteiger partial charge on any atom is 0.237 e. The van der Waals surface area contributed by atoms with Gasteiger partial charge in [0, 0.05) is 19.7 Å². The van der Waals surface area contributed by atoms with E-state index in [1.807, 2.05) is 19.1 Å². The van der Waals surface area contributed by atoms with Gasteiger partial charge in [0.25, 0.3) is 0 Å². The number of hydrogen-bond acceptors (Lipinski definition) is 3. The molecule has 0 fully saturated rings. The van der Waals surface area contributed by atoms with Crippen molar-refractivity contribution in [2.24, 2.45) is 0 Å². The lowest BCUT2D eigenvalue weighted by Gasteiger charge is -2.19. The van der Waals surface area contributed by atoms with Gasteiger partial charge in [0.15, 0.2) is 0 Å². The van der Waals surface area contributed by atoms with E-state index in [1.165, 1.54) is 0 Å². The average Bonchev–Trinajstić information content (AvgIpc) is 2.50. The zero-order valence-electron chi connectivity index (χ0n) is 13.6. The second kappa shape index (κ2) is 9.53. The van der Waals surface area contributed by atoms with Gasteiger partial charge in [-0.1, -0.05) is 38.1 Å². The van der Waals surface area contributed by atoms with Crippen LogP contribution in [-0.4, -0.2) is 25.1 Å². The van der Waals surface area contributed by atoms with Gasteiger partial charge in [-0.2, -0.15) is 0 Å². The average molecular weight is 292 g/mol. The first-order valence-electron chi connectivity index (χ1n) is 7.71. The molecule has 1 atom stereocenters. The van der Waals surface area contributed by atoms with Crippen LogP contribution in [-0.2, 0) is 22.7 Å². The first kappa shape index (κ1) is 17.7. The Bertz CT molecular complexity index is 431. The SMILES string of the molecule is CCC(CC)NC(=O)C(C)NCc1cccc(COC)c1. The Morgan fingerprint density at radius 3 is 2.52 bits per heavy atom. The summed E-state index contributed by atoms with van der Waals surface area (Å²) < 4.78 is 5.13. The molecular formula is C17H28N2O2. The van der Waals surface area contributed by atoms with Gasteiger partial charge in [-0.05, 0) is 30.9 Å². The third kappa shape index (κ3) is 6.27. The van der Waals surface area contributed by atoms with Crippen molar-refractivity contribution in [3.63, 3.8) is 0 Å². The minimum atomic E-state index is -0.198. The number of carbonyl (C=O) groups is 1. The molecule has 1 rings (SSSR count). The van der Waals surface area contributed by atoms with Gasteiger partial charge in [-0.15, -0.1) is 0 Å². The Kier molecular flexibility index (Phi) is 8.01. The summed E-state index contributed by atoms with van der Waals surface area (Å²) >= 11 is 0. The molecule has 21 heavy (non-hydrogen) atoms. The fourth-order valence-corrected chi connectivity index (χ4v) is 2.18. The van der Waals surface area contributed by atoms with Gasteiger partial charge < -0.3 is 15.4 Å². The normalized spacial score (nSPS) is 12.4. The number of hydrogen-bond donors (Lipinski definition) is 2. The standard InChI is InChI=1S/C17H28N2O2/c1-5-16(6-2)19-17(20)13(3)18-11-14-8-7-9-15(10-14)12-21-4/h7-10,13,16,18H,5-6,11-12H2,1-4H3,(H,19,20). The summed E-state index contributed by atoms with van der Waals surface area (Å²) in [6.45, 7) is 7.37. The molecule has 0 radical (unpaired) electrons. The van der Waals surface area contributed by atoms with E-state index in [9.17, 15) is 4.79 Å². The number of nitrogens with one attached hydrogen (secondary N) is 2. The second-order valence-corrected chi connectivity index (χ2v) is 5.38. The van der Waals surface area contributed by atoms with E-state index in [0.717, 1.165) is 24.0 Å². The van der Waals surface area contributed by atoms with Gasteiger partial charge in [0.2, 0.25) is 5.91 Å². The van der Waals surface area contributed by atoms with Crippen molar-refractivity contribution in [2.75, 3.05) is 7.11 Å². The van der Waals surface area contributed by atoms with Crippen LogP contribution < -0.4 is 10.6 Å².